The molecule has 0 spiro atoms. The van der Waals surface area contributed by atoms with Gasteiger partial charge in [-0.2, -0.15) is 4.98 Å². The Labute approximate surface area is 103 Å². The van der Waals surface area contributed by atoms with Crippen molar-refractivity contribution in [1.82, 2.24) is 9.97 Å². The first-order chi connectivity index (χ1) is 8.12. The molecule has 0 aliphatic carbocycles. The summed E-state index contributed by atoms with van der Waals surface area (Å²) in [5.41, 5.74) is 0. The Bertz CT molecular complexity index is 402. The van der Waals surface area contributed by atoms with Crippen molar-refractivity contribution in [2.45, 2.75) is 6.04 Å². The molecule has 0 saturated carbocycles. The van der Waals surface area contributed by atoms with Gasteiger partial charge in [-0.1, -0.05) is 11.6 Å². The molecule has 0 radical (unpaired) electrons. The van der Waals surface area contributed by atoms with Crippen LogP contribution in [0, 0.1) is 0 Å². The molecule has 94 valence electrons. The van der Waals surface area contributed by atoms with Gasteiger partial charge in [0.15, 0.2) is 5.82 Å². The largest absolute Gasteiger partial charge is 0.467 e. The van der Waals surface area contributed by atoms with E-state index in [-0.39, 0.29) is 16.9 Å². The molecular formula is C9H12ClN3O4. The van der Waals surface area contributed by atoms with Gasteiger partial charge in [0, 0.05) is 0 Å². The Balaban J connectivity index is 2.88. The van der Waals surface area contributed by atoms with Crippen molar-refractivity contribution in [2.75, 3.05) is 26.1 Å². The van der Waals surface area contributed by atoms with Gasteiger partial charge >= 0.3 is 12.0 Å². The SMILES string of the molecule is COC(=O)C(CO)Nc1nc(OC)ncc1Cl. The number of aliphatic hydroxyl groups excluding tert-OH is 1. The zero-order valence-corrected chi connectivity index (χ0v) is 10.1. The summed E-state index contributed by atoms with van der Waals surface area (Å²) in [6, 6.07) is -0.851. The summed E-state index contributed by atoms with van der Waals surface area (Å²) in [5.74, 6) is -0.441. The molecule has 1 heterocycles. The van der Waals surface area contributed by atoms with Crippen LogP contribution in [0.15, 0.2) is 6.20 Å². The second-order valence-corrected chi connectivity index (χ2v) is 3.36. The quantitative estimate of drug-likeness (QED) is 0.725. The number of halogens is 1. The Morgan fingerprint density at radius 1 is 1.65 bits per heavy atom. The first-order valence-electron chi connectivity index (χ1n) is 4.64. The van der Waals surface area contributed by atoms with Gasteiger partial charge < -0.3 is 19.9 Å². The average molecular weight is 262 g/mol. The number of carbonyl (C=O) groups excluding carboxylic acids is 1. The van der Waals surface area contributed by atoms with E-state index in [1.54, 1.807) is 0 Å². The van der Waals surface area contributed by atoms with Crippen LogP contribution in [0.4, 0.5) is 5.82 Å². The van der Waals surface area contributed by atoms with E-state index in [2.05, 4.69) is 20.0 Å². The normalized spacial score (nSPS) is 11.8. The predicted octanol–water partition coefficient (Wildman–Crippen LogP) is 0.0844. The Morgan fingerprint density at radius 2 is 2.35 bits per heavy atom. The summed E-state index contributed by atoms with van der Waals surface area (Å²) in [4.78, 5) is 18.9. The highest BCUT2D eigenvalue weighted by molar-refractivity contribution is 6.32. The molecule has 2 N–H and O–H groups in total. The fourth-order valence-electron chi connectivity index (χ4n) is 1.04. The predicted molar refractivity (Wildman–Crippen MR) is 60.1 cm³/mol. The van der Waals surface area contributed by atoms with E-state index in [9.17, 15) is 4.79 Å². The summed E-state index contributed by atoms with van der Waals surface area (Å²) in [7, 11) is 2.62. The van der Waals surface area contributed by atoms with Crippen LogP contribution in [0.25, 0.3) is 0 Å². The van der Waals surface area contributed by atoms with Gasteiger partial charge in [-0.15, -0.1) is 0 Å². The number of nitrogens with one attached hydrogen (secondary N) is 1. The van der Waals surface area contributed by atoms with Crippen molar-refractivity contribution < 1.29 is 19.4 Å². The van der Waals surface area contributed by atoms with Crippen LogP contribution in [0.3, 0.4) is 0 Å². The molecule has 1 unspecified atom stereocenters. The van der Waals surface area contributed by atoms with Crippen LogP contribution < -0.4 is 10.1 Å². The minimum Gasteiger partial charge on any atom is -0.467 e. The van der Waals surface area contributed by atoms with E-state index in [0.29, 0.717) is 0 Å². The summed E-state index contributed by atoms with van der Waals surface area (Å²) in [5, 5.41) is 11.9. The van der Waals surface area contributed by atoms with Gasteiger partial charge in [0.1, 0.15) is 11.1 Å². The molecule has 0 fully saturated rings. The zero-order chi connectivity index (χ0) is 12.8. The minimum atomic E-state index is -0.947. The molecule has 7 nitrogen and oxygen atoms in total. The summed E-state index contributed by atoms with van der Waals surface area (Å²) in [6.45, 7) is -0.449. The highest BCUT2D eigenvalue weighted by Crippen LogP contribution is 2.20. The van der Waals surface area contributed by atoms with Gasteiger partial charge in [0.05, 0.1) is 27.0 Å². The second kappa shape index (κ2) is 6.21. The second-order valence-electron chi connectivity index (χ2n) is 2.96. The fraction of sp³-hybridized carbons (Fsp3) is 0.444. The maximum absolute atomic E-state index is 11.3. The van der Waals surface area contributed by atoms with Gasteiger partial charge in [-0.05, 0) is 0 Å². The number of esters is 1. The molecule has 0 aliphatic heterocycles. The van der Waals surface area contributed by atoms with Crippen molar-refractivity contribution in [3.63, 3.8) is 0 Å². The van der Waals surface area contributed by atoms with Crippen molar-refractivity contribution in [2.24, 2.45) is 0 Å². The molecule has 1 aromatic rings. The van der Waals surface area contributed by atoms with Crippen molar-refractivity contribution in [1.29, 1.82) is 0 Å². The lowest BCUT2D eigenvalue weighted by molar-refractivity contribution is -0.142. The average Bonchev–Trinajstić information content (AvgIpc) is 2.36. The fourth-order valence-corrected chi connectivity index (χ4v) is 1.18. The van der Waals surface area contributed by atoms with Crippen LogP contribution in [-0.2, 0) is 9.53 Å². The number of rotatable bonds is 5. The van der Waals surface area contributed by atoms with Crippen molar-refractivity contribution >= 4 is 23.4 Å². The van der Waals surface area contributed by atoms with Gasteiger partial charge in [-0.25, -0.2) is 9.78 Å². The Kier molecular flexibility index (Phi) is 4.92. The van der Waals surface area contributed by atoms with E-state index in [1.807, 2.05) is 0 Å². The van der Waals surface area contributed by atoms with E-state index in [1.165, 1.54) is 20.4 Å². The first kappa shape index (κ1) is 13.5. The molecule has 1 atom stereocenters. The van der Waals surface area contributed by atoms with Gasteiger partial charge in [-0.3, -0.25) is 0 Å². The number of carbonyl (C=O) groups is 1. The number of anilines is 1. The molecule has 1 aromatic heterocycles. The minimum absolute atomic E-state index is 0.0958. The number of aliphatic hydroxyl groups is 1. The molecule has 0 bridgehead atoms. The Morgan fingerprint density at radius 3 is 2.88 bits per heavy atom. The van der Waals surface area contributed by atoms with Crippen LogP contribution in [-0.4, -0.2) is 47.9 Å². The molecule has 8 heteroatoms. The number of hydrogen-bond acceptors (Lipinski definition) is 7. The summed E-state index contributed by atoms with van der Waals surface area (Å²) >= 11 is 5.83. The summed E-state index contributed by atoms with van der Waals surface area (Å²) in [6.07, 6.45) is 1.32. The van der Waals surface area contributed by atoms with Crippen LogP contribution >= 0.6 is 11.6 Å². The van der Waals surface area contributed by atoms with Gasteiger partial charge in [0.2, 0.25) is 0 Å². The molecule has 17 heavy (non-hydrogen) atoms. The number of ether oxygens (including phenoxy) is 2. The molecule has 1 rings (SSSR count). The maximum atomic E-state index is 11.3. The third-order valence-corrected chi connectivity index (χ3v) is 2.16. The monoisotopic (exact) mass is 261 g/mol. The zero-order valence-electron chi connectivity index (χ0n) is 9.31. The summed E-state index contributed by atoms with van der Waals surface area (Å²) < 4.78 is 9.31. The van der Waals surface area contributed by atoms with E-state index in [4.69, 9.17) is 21.4 Å². The van der Waals surface area contributed by atoms with Gasteiger partial charge in [0.25, 0.3) is 0 Å². The lowest BCUT2D eigenvalue weighted by Gasteiger charge is -2.15. The third-order valence-electron chi connectivity index (χ3n) is 1.88. The van der Waals surface area contributed by atoms with Crippen LogP contribution in [0.1, 0.15) is 0 Å². The smallest absolute Gasteiger partial charge is 0.330 e. The molecule has 0 saturated heterocycles. The molecule has 0 amide bonds. The highest BCUT2D eigenvalue weighted by atomic mass is 35.5. The first-order valence-corrected chi connectivity index (χ1v) is 5.02. The number of aromatic nitrogens is 2. The van der Waals surface area contributed by atoms with Crippen molar-refractivity contribution in [3.8, 4) is 6.01 Å². The van der Waals surface area contributed by atoms with Crippen LogP contribution in [0.5, 0.6) is 6.01 Å². The number of methoxy groups -OCH3 is 2. The molecule has 0 aromatic carbocycles. The molecule has 0 aliphatic rings. The standard InChI is InChI=1S/C9H12ClN3O4/c1-16-8(15)6(4-14)12-7-5(10)3-11-9(13-7)17-2/h3,6,14H,4H2,1-2H3,(H,11,12,13). The van der Waals surface area contributed by atoms with E-state index >= 15 is 0 Å². The topological polar surface area (TPSA) is 93.6 Å². The van der Waals surface area contributed by atoms with Crippen molar-refractivity contribution in [3.05, 3.63) is 11.2 Å². The lowest BCUT2D eigenvalue weighted by Crippen LogP contribution is -2.34. The number of nitrogens with zero attached hydrogens (tertiary/aromatic N) is 2. The number of hydrogen-bond donors (Lipinski definition) is 2. The van der Waals surface area contributed by atoms with E-state index in [0.717, 1.165) is 0 Å². The molecular weight excluding hydrogens is 250 g/mol. The lowest BCUT2D eigenvalue weighted by atomic mass is 10.3. The Hall–Kier alpha value is -1.60. The highest BCUT2D eigenvalue weighted by Gasteiger charge is 2.20. The maximum Gasteiger partial charge on any atom is 0.330 e. The third kappa shape index (κ3) is 3.43. The van der Waals surface area contributed by atoms with E-state index < -0.39 is 18.6 Å². The van der Waals surface area contributed by atoms with Crippen LogP contribution in [0.2, 0.25) is 5.02 Å².